The number of hydrogen-bond donors (Lipinski definition) is 0. The molecule has 0 saturated carbocycles. The fraction of sp³-hybridized carbons (Fsp3) is 0.333. The molecular weight excluding hydrogens is 292 g/mol. The number of thiophene rings is 1. The van der Waals surface area contributed by atoms with E-state index < -0.39 is 0 Å². The number of rotatable bonds is 1. The summed E-state index contributed by atoms with van der Waals surface area (Å²) in [7, 11) is 0. The van der Waals surface area contributed by atoms with Gasteiger partial charge in [-0.15, -0.1) is 11.3 Å². The van der Waals surface area contributed by atoms with Gasteiger partial charge >= 0.3 is 0 Å². The van der Waals surface area contributed by atoms with Gasteiger partial charge in [0.05, 0.1) is 5.52 Å². The van der Waals surface area contributed by atoms with Crippen LogP contribution in [-0.2, 0) is 13.0 Å². The SMILES string of the molecule is Cc1ccc(-c2cc3nc4n(c(=O)c3s2)CCCCC4)cc1. The number of hydrogen-bond acceptors (Lipinski definition) is 3. The van der Waals surface area contributed by atoms with Gasteiger partial charge in [0.25, 0.3) is 5.56 Å². The number of benzene rings is 1. The lowest BCUT2D eigenvalue weighted by Crippen LogP contribution is -2.23. The fourth-order valence-electron chi connectivity index (χ4n) is 3.07. The highest BCUT2D eigenvalue weighted by atomic mass is 32.1. The Kier molecular flexibility index (Phi) is 3.34. The maximum Gasteiger partial charge on any atom is 0.271 e. The average Bonchev–Trinajstić information content (AvgIpc) is 2.80. The Bertz CT molecular complexity index is 890. The van der Waals surface area contributed by atoms with Crippen LogP contribution in [0.15, 0.2) is 35.1 Å². The topological polar surface area (TPSA) is 34.9 Å². The minimum atomic E-state index is 0.144. The normalized spacial score (nSPS) is 14.8. The van der Waals surface area contributed by atoms with Crippen molar-refractivity contribution in [3.8, 4) is 10.4 Å². The zero-order valence-corrected chi connectivity index (χ0v) is 13.4. The molecule has 0 N–H and O–H groups in total. The third kappa shape index (κ3) is 2.28. The molecule has 3 nitrogen and oxygen atoms in total. The summed E-state index contributed by atoms with van der Waals surface area (Å²) in [6, 6.07) is 10.5. The second-order valence-corrected chi connectivity index (χ2v) is 7.04. The molecule has 0 aliphatic carbocycles. The maximum atomic E-state index is 12.8. The van der Waals surface area contributed by atoms with Crippen molar-refractivity contribution in [2.45, 2.75) is 39.2 Å². The molecular formula is C18H18N2OS. The molecule has 112 valence electrons. The first-order valence-corrected chi connectivity index (χ1v) is 8.64. The zero-order chi connectivity index (χ0) is 15.1. The summed E-state index contributed by atoms with van der Waals surface area (Å²) < 4.78 is 2.69. The highest BCUT2D eigenvalue weighted by Gasteiger charge is 2.16. The molecule has 0 amide bonds. The predicted octanol–water partition coefficient (Wildman–Crippen LogP) is 4.16. The van der Waals surface area contributed by atoms with E-state index in [1.807, 2.05) is 4.57 Å². The van der Waals surface area contributed by atoms with E-state index in [-0.39, 0.29) is 5.56 Å². The predicted molar refractivity (Wildman–Crippen MR) is 91.6 cm³/mol. The number of fused-ring (bicyclic) bond motifs is 2. The Morgan fingerprint density at radius 3 is 2.77 bits per heavy atom. The van der Waals surface area contributed by atoms with Gasteiger partial charge in [0.15, 0.2) is 0 Å². The maximum absolute atomic E-state index is 12.8. The van der Waals surface area contributed by atoms with Gasteiger partial charge in [-0.05, 0) is 31.4 Å². The van der Waals surface area contributed by atoms with Crippen molar-refractivity contribution in [2.75, 3.05) is 0 Å². The molecule has 0 saturated heterocycles. The van der Waals surface area contributed by atoms with Gasteiger partial charge < -0.3 is 0 Å². The van der Waals surface area contributed by atoms with Crippen molar-refractivity contribution in [3.05, 3.63) is 52.1 Å². The molecule has 0 radical (unpaired) electrons. The van der Waals surface area contributed by atoms with E-state index in [9.17, 15) is 4.79 Å². The molecule has 3 heterocycles. The first-order valence-electron chi connectivity index (χ1n) is 7.83. The van der Waals surface area contributed by atoms with Crippen LogP contribution in [0.25, 0.3) is 20.7 Å². The van der Waals surface area contributed by atoms with Crippen LogP contribution in [0.1, 0.15) is 30.7 Å². The van der Waals surface area contributed by atoms with Gasteiger partial charge in [-0.1, -0.05) is 36.2 Å². The lowest BCUT2D eigenvalue weighted by molar-refractivity contribution is 0.614. The van der Waals surface area contributed by atoms with Crippen LogP contribution in [0.3, 0.4) is 0 Å². The zero-order valence-electron chi connectivity index (χ0n) is 12.6. The molecule has 0 spiro atoms. The van der Waals surface area contributed by atoms with Crippen molar-refractivity contribution in [2.24, 2.45) is 0 Å². The highest BCUT2D eigenvalue weighted by Crippen LogP contribution is 2.31. The summed E-state index contributed by atoms with van der Waals surface area (Å²) in [6.45, 7) is 2.90. The van der Waals surface area contributed by atoms with E-state index in [1.54, 1.807) is 11.3 Å². The molecule has 0 atom stereocenters. The van der Waals surface area contributed by atoms with E-state index in [0.717, 1.165) is 52.3 Å². The number of aryl methyl sites for hydroxylation is 2. The second-order valence-electron chi connectivity index (χ2n) is 5.99. The molecule has 22 heavy (non-hydrogen) atoms. The third-order valence-corrected chi connectivity index (χ3v) is 5.49. The minimum Gasteiger partial charge on any atom is -0.295 e. The second kappa shape index (κ2) is 5.36. The van der Waals surface area contributed by atoms with E-state index >= 15 is 0 Å². The molecule has 4 rings (SSSR count). The quantitative estimate of drug-likeness (QED) is 0.676. The van der Waals surface area contributed by atoms with Crippen LogP contribution in [0.5, 0.6) is 0 Å². The van der Waals surface area contributed by atoms with Crippen molar-refractivity contribution >= 4 is 21.6 Å². The largest absolute Gasteiger partial charge is 0.295 e. The molecule has 0 fully saturated rings. The lowest BCUT2D eigenvalue weighted by Gasteiger charge is -2.07. The van der Waals surface area contributed by atoms with Gasteiger partial charge in [0.1, 0.15) is 10.5 Å². The molecule has 3 aromatic rings. The minimum absolute atomic E-state index is 0.144. The van der Waals surface area contributed by atoms with Crippen LogP contribution in [0, 0.1) is 6.92 Å². The molecule has 1 aliphatic rings. The summed E-state index contributed by atoms with van der Waals surface area (Å²) in [6.07, 6.45) is 4.31. The molecule has 2 aromatic heterocycles. The van der Waals surface area contributed by atoms with Gasteiger partial charge in [-0.3, -0.25) is 9.36 Å². The molecule has 0 bridgehead atoms. The number of nitrogens with zero attached hydrogens (tertiary/aromatic N) is 2. The highest BCUT2D eigenvalue weighted by molar-refractivity contribution is 7.22. The molecule has 0 unspecified atom stereocenters. The molecule has 4 heteroatoms. The Balaban J connectivity index is 1.89. The monoisotopic (exact) mass is 310 g/mol. The summed E-state index contributed by atoms with van der Waals surface area (Å²) >= 11 is 1.57. The van der Waals surface area contributed by atoms with Crippen LogP contribution < -0.4 is 5.56 Å². The van der Waals surface area contributed by atoms with Crippen LogP contribution in [0.2, 0.25) is 0 Å². The molecule has 1 aliphatic heterocycles. The van der Waals surface area contributed by atoms with E-state index in [1.165, 1.54) is 12.0 Å². The Morgan fingerprint density at radius 2 is 1.95 bits per heavy atom. The lowest BCUT2D eigenvalue weighted by atomic mass is 10.1. The summed E-state index contributed by atoms with van der Waals surface area (Å²) in [5, 5.41) is 0. The van der Waals surface area contributed by atoms with Gasteiger partial charge in [-0.25, -0.2) is 4.98 Å². The first kappa shape index (κ1) is 13.7. The average molecular weight is 310 g/mol. The van der Waals surface area contributed by atoms with Gasteiger partial charge in [-0.2, -0.15) is 0 Å². The van der Waals surface area contributed by atoms with Crippen LogP contribution >= 0.6 is 11.3 Å². The molecule has 1 aromatic carbocycles. The summed E-state index contributed by atoms with van der Waals surface area (Å²) in [4.78, 5) is 18.7. The first-order chi connectivity index (χ1) is 10.7. The van der Waals surface area contributed by atoms with Crippen molar-refractivity contribution < 1.29 is 0 Å². The fourth-order valence-corrected chi connectivity index (χ4v) is 4.12. The van der Waals surface area contributed by atoms with E-state index in [0.29, 0.717) is 0 Å². The van der Waals surface area contributed by atoms with Crippen molar-refractivity contribution in [1.29, 1.82) is 0 Å². The van der Waals surface area contributed by atoms with Crippen molar-refractivity contribution in [3.63, 3.8) is 0 Å². The smallest absolute Gasteiger partial charge is 0.271 e. The van der Waals surface area contributed by atoms with Crippen LogP contribution in [0.4, 0.5) is 0 Å². The van der Waals surface area contributed by atoms with Gasteiger partial charge in [0.2, 0.25) is 0 Å². The van der Waals surface area contributed by atoms with Crippen LogP contribution in [-0.4, -0.2) is 9.55 Å². The summed E-state index contributed by atoms with van der Waals surface area (Å²) in [5.41, 5.74) is 3.41. The van der Waals surface area contributed by atoms with Gasteiger partial charge in [0, 0.05) is 17.8 Å². The van der Waals surface area contributed by atoms with E-state index in [4.69, 9.17) is 4.98 Å². The Labute approximate surface area is 133 Å². The Morgan fingerprint density at radius 1 is 1.14 bits per heavy atom. The standard InChI is InChI=1S/C18H18N2OS/c1-12-6-8-13(9-7-12)15-11-14-17(22-15)18(21)20-10-4-2-3-5-16(20)19-14/h6-9,11H,2-5,10H2,1H3. The Hall–Kier alpha value is -1.94. The summed E-state index contributed by atoms with van der Waals surface area (Å²) in [5.74, 6) is 0.961. The number of aromatic nitrogens is 2. The van der Waals surface area contributed by atoms with Crippen molar-refractivity contribution in [1.82, 2.24) is 9.55 Å². The third-order valence-electron chi connectivity index (χ3n) is 4.33. The van der Waals surface area contributed by atoms with E-state index in [2.05, 4.69) is 37.3 Å².